The molecule has 8 aromatic carbocycles. The van der Waals surface area contributed by atoms with Gasteiger partial charge in [-0.2, -0.15) is 10.5 Å². The van der Waals surface area contributed by atoms with E-state index in [0.717, 1.165) is 66.8 Å². The van der Waals surface area contributed by atoms with E-state index in [9.17, 15) is 10.5 Å². The molecular weight excluding hydrogens is 657 g/mol. The van der Waals surface area contributed by atoms with Crippen molar-refractivity contribution < 1.29 is 0 Å². The van der Waals surface area contributed by atoms with E-state index in [2.05, 4.69) is 173 Å². The van der Waals surface area contributed by atoms with Crippen LogP contribution in [0.5, 0.6) is 0 Å². The number of nitriles is 2. The molecule has 0 radical (unpaired) electrons. The number of para-hydroxylation sites is 3. The van der Waals surface area contributed by atoms with Crippen molar-refractivity contribution in [2.24, 2.45) is 0 Å². The summed E-state index contributed by atoms with van der Waals surface area (Å²) < 4.78 is 4.83. The maximum absolute atomic E-state index is 9.99. The fraction of sp³-hybridized carbons (Fsp3) is 0. The first-order valence-electron chi connectivity index (χ1n) is 18.0. The molecule has 0 N–H and O–H groups in total. The molecule has 0 saturated heterocycles. The minimum absolute atomic E-state index is 0.452. The van der Waals surface area contributed by atoms with E-state index >= 15 is 0 Å². The zero-order valence-electron chi connectivity index (χ0n) is 29.1. The van der Waals surface area contributed by atoms with Gasteiger partial charge >= 0.3 is 0 Å². The third kappa shape index (κ3) is 4.83. The van der Waals surface area contributed by atoms with Crippen LogP contribution in [0.3, 0.4) is 0 Å². The molecule has 2 heterocycles. The molecule has 0 bridgehead atoms. The van der Waals surface area contributed by atoms with E-state index in [4.69, 9.17) is 0 Å². The van der Waals surface area contributed by atoms with Gasteiger partial charge < -0.3 is 9.13 Å². The quantitative estimate of drug-likeness (QED) is 0.181. The van der Waals surface area contributed by atoms with Crippen molar-refractivity contribution in [3.8, 4) is 56.9 Å². The van der Waals surface area contributed by atoms with Gasteiger partial charge in [0.25, 0.3) is 0 Å². The van der Waals surface area contributed by atoms with Crippen LogP contribution in [0.25, 0.3) is 88.4 Å². The molecule has 4 nitrogen and oxygen atoms in total. The summed E-state index contributed by atoms with van der Waals surface area (Å²) in [5, 5.41) is 24.7. The first-order valence-corrected chi connectivity index (χ1v) is 18.0. The average molecular weight is 687 g/mol. The van der Waals surface area contributed by atoms with E-state index in [0.29, 0.717) is 11.1 Å². The smallest absolute Gasteiger partial charge is 0.0992 e. The van der Waals surface area contributed by atoms with Crippen molar-refractivity contribution in [1.29, 1.82) is 10.5 Å². The molecule has 250 valence electrons. The number of nitrogens with zero attached hydrogens (tertiary/aromatic N) is 4. The summed E-state index contributed by atoms with van der Waals surface area (Å²) in [5.41, 5.74) is 13.5. The van der Waals surface area contributed by atoms with Gasteiger partial charge in [-0.3, -0.25) is 0 Å². The summed E-state index contributed by atoms with van der Waals surface area (Å²) in [6, 6.07) is 67.9. The molecule has 0 atom stereocenters. The Bertz CT molecular complexity index is 3120. The minimum atomic E-state index is 0.452. The molecule has 0 saturated carbocycles. The lowest BCUT2D eigenvalue weighted by Crippen LogP contribution is -2.01. The molecule has 0 aliphatic heterocycles. The standard InChI is InChI=1S/C50H30N4/c51-31-33-26-34(32-52)28-37(27-33)42-29-44(36-16-6-2-7-17-36)48(30-43(42)35-14-4-1-5-15-35)54-45-22-12-10-20-39(45)40-24-25-47-49(50(40)54)41-21-11-13-23-46(41)53(47)38-18-8-3-9-19-38/h1-30H. The fourth-order valence-electron chi connectivity index (χ4n) is 8.24. The van der Waals surface area contributed by atoms with Crippen molar-refractivity contribution in [2.45, 2.75) is 0 Å². The molecule has 0 unspecified atom stereocenters. The first kappa shape index (κ1) is 31.1. The lowest BCUT2D eigenvalue weighted by molar-refractivity contribution is 1.17. The molecule has 0 aliphatic rings. The number of rotatable bonds is 5. The van der Waals surface area contributed by atoms with Gasteiger partial charge in [-0.15, -0.1) is 0 Å². The number of benzene rings is 8. The fourth-order valence-corrected chi connectivity index (χ4v) is 8.24. The lowest BCUT2D eigenvalue weighted by atomic mass is 9.88. The Labute approximate surface area is 312 Å². The van der Waals surface area contributed by atoms with Crippen molar-refractivity contribution in [3.63, 3.8) is 0 Å². The van der Waals surface area contributed by atoms with Crippen molar-refractivity contribution in [3.05, 3.63) is 193 Å². The highest BCUT2D eigenvalue weighted by atomic mass is 15.0. The number of hydrogen-bond donors (Lipinski definition) is 0. The summed E-state index contributed by atoms with van der Waals surface area (Å²) in [6.45, 7) is 0. The monoisotopic (exact) mass is 686 g/mol. The molecule has 10 rings (SSSR count). The predicted octanol–water partition coefficient (Wildman–Crippen LogP) is 12.6. The topological polar surface area (TPSA) is 57.4 Å². The molecule has 54 heavy (non-hydrogen) atoms. The van der Waals surface area contributed by atoms with Crippen molar-refractivity contribution in [1.82, 2.24) is 9.13 Å². The first-order chi connectivity index (χ1) is 26.7. The highest BCUT2D eigenvalue weighted by molar-refractivity contribution is 6.26. The zero-order chi connectivity index (χ0) is 36.2. The SMILES string of the molecule is N#Cc1cc(C#N)cc(-c2cc(-c3ccccc3)c(-n3c4ccccc4c4ccc5c(c6ccccc6n5-c5ccccc5)c43)cc2-c2ccccc2)c1. The van der Waals surface area contributed by atoms with Crippen LogP contribution in [0.4, 0.5) is 0 Å². The van der Waals surface area contributed by atoms with Crippen LogP contribution in [-0.2, 0) is 0 Å². The third-order valence-electron chi connectivity index (χ3n) is 10.5. The van der Waals surface area contributed by atoms with E-state index in [1.165, 1.54) is 21.5 Å². The Kier molecular flexibility index (Phi) is 7.22. The molecule has 0 aliphatic carbocycles. The van der Waals surface area contributed by atoms with Gasteiger partial charge in [0.15, 0.2) is 0 Å². The molecule has 0 amide bonds. The van der Waals surface area contributed by atoms with E-state index in [-0.39, 0.29) is 0 Å². The van der Waals surface area contributed by atoms with Gasteiger partial charge in [-0.1, -0.05) is 121 Å². The number of hydrogen-bond acceptors (Lipinski definition) is 2. The summed E-state index contributed by atoms with van der Waals surface area (Å²) >= 11 is 0. The molecule has 0 spiro atoms. The Hall–Kier alpha value is -7.66. The second-order valence-corrected chi connectivity index (χ2v) is 13.6. The summed E-state index contributed by atoms with van der Waals surface area (Å²) in [4.78, 5) is 0. The largest absolute Gasteiger partial charge is 0.309 e. The van der Waals surface area contributed by atoms with Crippen molar-refractivity contribution >= 4 is 43.6 Å². The summed E-state index contributed by atoms with van der Waals surface area (Å²) in [6.07, 6.45) is 0. The van der Waals surface area contributed by atoms with Crippen LogP contribution in [0.2, 0.25) is 0 Å². The summed E-state index contributed by atoms with van der Waals surface area (Å²) in [5.74, 6) is 0. The molecule has 0 fully saturated rings. The molecule has 10 aromatic rings. The van der Waals surface area contributed by atoms with Gasteiger partial charge in [0.2, 0.25) is 0 Å². The van der Waals surface area contributed by atoms with Crippen molar-refractivity contribution in [2.75, 3.05) is 0 Å². The maximum atomic E-state index is 9.99. The molecule has 4 heteroatoms. The number of aromatic nitrogens is 2. The third-order valence-corrected chi connectivity index (χ3v) is 10.5. The van der Waals surface area contributed by atoms with Crippen LogP contribution in [0, 0.1) is 22.7 Å². The zero-order valence-corrected chi connectivity index (χ0v) is 29.1. The predicted molar refractivity (Wildman–Crippen MR) is 221 cm³/mol. The van der Waals surface area contributed by atoms with Crippen LogP contribution in [0.1, 0.15) is 11.1 Å². The molecular formula is C50H30N4. The molecule has 2 aromatic heterocycles. The van der Waals surface area contributed by atoms with Crippen LogP contribution in [0.15, 0.2) is 182 Å². The van der Waals surface area contributed by atoms with E-state index < -0.39 is 0 Å². The van der Waals surface area contributed by atoms with Gasteiger partial charge in [0, 0.05) is 32.8 Å². The highest BCUT2D eigenvalue weighted by Crippen LogP contribution is 2.46. The highest BCUT2D eigenvalue weighted by Gasteiger charge is 2.24. The van der Waals surface area contributed by atoms with Crippen LogP contribution < -0.4 is 0 Å². The summed E-state index contributed by atoms with van der Waals surface area (Å²) in [7, 11) is 0. The van der Waals surface area contributed by atoms with Crippen LogP contribution in [-0.4, -0.2) is 9.13 Å². The van der Waals surface area contributed by atoms with Gasteiger partial charge in [-0.05, 0) is 88.5 Å². The van der Waals surface area contributed by atoms with Gasteiger partial charge in [0.1, 0.15) is 0 Å². The number of fused-ring (bicyclic) bond motifs is 7. The lowest BCUT2D eigenvalue weighted by Gasteiger charge is -2.20. The van der Waals surface area contributed by atoms with Gasteiger partial charge in [-0.25, -0.2) is 0 Å². The Morgan fingerprint density at radius 1 is 0.370 bits per heavy atom. The van der Waals surface area contributed by atoms with Crippen LogP contribution >= 0.6 is 0 Å². The second kappa shape index (κ2) is 12.5. The maximum Gasteiger partial charge on any atom is 0.0992 e. The van der Waals surface area contributed by atoms with Gasteiger partial charge in [0.05, 0.1) is 51.0 Å². The second-order valence-electron chi connectivity index (χ2n) is 13.6. The Morgan fingerprint density at radius 2 is 0.907 bits per heavy atom. The normalized spacial score (nSPS) is 11.3. The van der Waals surface area contributed by atoms with E-state index in [1.807, 2.05) is 24.3 Å². The minimum Gasteiger partial charge on any atom is -0.309 e. The Balaban J connectivity index is 1.41. The average Bonchev–Trinajstić information content (AvgIpc) is 3.77. The Morgan fingerprint density at radius 3 is 1.56 bits per heavy atom. The van der Waals surface area contributed by atoms with E-state index in [1.54, 1.807) is 6.07 Å².